The van der Waals surface area contributed by atoms with Crippen molar-refractivity contribution in [1.82, 2.24) is 4.90 Å². The van der Waals surface area contributed by atoms with Crippen LogP contribution >= 0.6 is 0 Å². The molecule has 17 heavy (non-hydrogen) atoms. The second kappa shape index (κ2) is 6.17. The van der Waals surface area contributed by atoms with E-state index in [0.29, 0.717) is 12.5 Å². The molecule has 3 nitrogen and oxygen atoms in total. The van der Waals surface area contributed by atoms with Crippen molar-refractivity contribution < 1.29 is 5.11 Å². The van der Waals surface area contributed by atoms with Gasteiger partial charge in [-0.15, -0.1) is 0 Å². The molecule has 3 unspecified atom stereocenters. The van der Waals surface area contributed by atoms with Gasteiger partial charge in [-0.3, -0.25) is 4.90 Å². The van der Waals surface area contributed by atoms with Gasteiger partial charge in [0.1, 0.15) is 0 Å². The van der Waals surface area contributed by atoms with Gasteiger partial charge in [0.25, 0.3) is 0 Å². The van der Waals surface area contributed by atoms with Crippen molar-refractivity contribution in [2.45, 2.75) is 58.1 Å². The molecule has 3 N–H and O–H groups in total. The van der Waals surface area contributed by atoms with E-state index < -0.39 is 0 Å². The van der Waals surface area contributed by atoms with Crippen molar-refractivity contribution in [1.29, 1.82) is 0 Å². The Morgan fingerprint density at radius 1 is 1.47 bits per heavy atom. The zero-order valence-corrected chi connectivity index (χ0v) is 11.9. The second-order valence-corrected chi connectivity index (χ2v) is 6.32. The lowest BCUT2D eigenvalue weighted by Gasteiger charge is -2.47. The van der Waals surface area contributed by atoms with E-state index in [0.717, 1.165) is 12.5 Å². The zero-order valence-electron chi connectivity index (χ0n) is 11.9. The lowest BCUT2D eigenvalue weighted by atomic mass is 9.75. The summed E-state index contributed by atoms with van der Waals surface area (Å²) in [5, 5.41) is 10.0. The molecule has 0 heterocycles. The maximum Gasteiger partial charge on any atom is 0.0690 e. The molecule has 1 rings (SSSR count). The predicted octanol–water partition coefficient (Wildman–Crippen LogP) is 1.84. The third-order valence-corrected chi connectivity index (χ3v) is 4.49. The van der Waals surface area contributed by atoms with Crippen molar-refractivity contribution in [3.8, 4) is 0 Å². The summed E-state index contributed by atoms with van der Waals surface area (Å²) in [6, 6.07) is 0. The fourth-order valence-electron chi connectivity index (χ4n) is 3.01. The first-order valence-electron chi connectivity index (χ1n) is 7.00. The molecule has 0 radical (unpaired) electrons. The lowest BCUT2D eigenvalue weighted by Crippen LogP contribution is -2.56. The summed E-state index contributed by atoms with van der Waals surface area (Å²) in [4.78, 5) is 2.31. The van der Waals surface area contributed by atoms with Gasteiger partial charge < -0.3 is 10.8 Å². The minimum atomic E-state index is -0.249. The summed E-state index contributed by atoms with van der Waals surface area (Å²) < 4.78 is 0. The number of rotatable bonds is 5. The Balaban J connectivity index is 2.65. The van der Waals surface area contributed by atoms with Crippen molar-refractivity contribution in [3.05, 3.63) is 0 Å². The van der Waals surface area contributed by atoms with Crippen LogP contribution in [-0.4, -0.2) is 41.8 Å². The number of nitrogens with two attached hydrogens (primary N) is 1. The second-order valence-electron chi connectivity index (χ2n) is 6.32. The molecule has 0 spiro atoms. The van der Waals surface area contributed by atoms with Crippen LogP contribution in [0.5, 0.6) is 0 Å². The molecule has 0 aromatic heterocycles. The third-order valence-electron chi connectivity index (χ3n) is 4.49. The van der Waals surface area contributed by atoms with Crippen LogP contribution in [-0.2, 0) is 0 Å². The van der Waals surface area contributed by atoms with Crippen LogP contribution in [0.3, 0.4) is 0 Å². The molecule has 0 aromatic rings. The Morgan fingerprint density at radius 2 is 2.12 bits per heavy atom. The highest BCUT2D eigenvalue weighted by atomic mass is 16.3. The first kappa shape index (κ1) is 14.9. The maximum absolute atomic E-state index is 10.0. The first-order chi connectivity index (χ1) is 7.91. The fourth-order valence-corrected chi connectivity index (χ4v) is 3.01. The summed E-state index contributed by atoms with van der Waals surface area (Å²) in [5.74, 6) is 1.07. The predicted molar refractivity (Wildman–Crippen MR) is 72.9 cm³/mol. The Kier molecular flexibility index (Phi) is 5.42. The molecule has 0 amide bonds. The van der Waals surface area contributed by atoms with E-state index >= 15 is 0 Å². The molecular formula is C14H30N2O. The van der Waals surface area contributed by atoms with Gasteiger partial charge in [-0.05, 0) is 31.7 Å². The molecule has 0 aliphatic heterocycles. The summed E-state index contributed by atoms with van der Waals surface area (Å²) in [7, 11) is 2.12. The molecule has 1 saturated carbocycles. The molecule has 0 aromatic carbocycles. The van der Waals surface area contributed by atoms with Gasteiger partial charge in [-0.2, -0.15) is 0 Å². The fraction of sp³-hybridized carbons (Fsp3) is 1.00. The van der Waals surface area contributed by atoms with Crippen LogP contribution in [0.25, 0.3) is 0 Å². The minimum absolute atomic E-state index is 0.119. The largest absolute Gasteiger partial charge is 0.392 e. The molecule has 0 bridgehead atoms. The van der Waals surface area contributed by atoms with Gasteiger partial charge in [0, 0.05) is 18.6 Å². The highest BCUT2D eigenvalue weighted by molar-refractivity contribution is 4.95. The summed E-state index contributed by atoms with van der Waals surface area (Å²) in [5.41, 5.74) is 6.15. The molecule has 3 atom stereocenters. The Bertz CT molecular complexity index is 232. The molecular weight excluding hydrogens is 212 g/mol. The number of β-amino-alcohol motifs (C(OH)–C–C–N with tert-alkyl or cyclic N) is 1. The summed E-state index contributed by atoms with van der Waals surface area (Å²) in [6.07, 6.45) is 4.68. The zero-order chi connectivity index (χ0) is 13.1. The van der Waals surface area contributed by atoms with E-state index in [4.69, 9.17) is 5.73 Å². The quantitative estimate of drug-likeness (QED) is 0.773. The monoisotopic (exact) mass is 242 g/mol. The van der Waals surface area contributed by atoms with Crippen LogP contribution in [0, 0.1) is 11.8 Å². The maximum atomic E-state index is 10.0. The molecule has 3 heteroatoms. The van der Waals surface area contributed by atoms with E-state index in [2.05, 4.69) is 32.7 Å². The van der Waals surface area contributed by atoms with Gasteiger partial charge in [-0.25, -0.2) is 0 Å². The highest BCUT2D eigenvalue weighted by Gasteiger charge is 2.37. The number of hydrogen-bond acceptors (Lipinski definition) is 3. The van der Waals surface area contributed by atoms with Gasteiger partial charge in [0.2, 0.25) is 0 Å². The Morgan fingerprint density at radius 3 is 2.59 bits per heavy atom. The number of likely N-dealkylation sites (N-methyl/N-ethyl adjacent to an activating group) is 1. The van der Waals surface area contributed by atoms with Gasteiger partial charge in [0.15, 0.2) is 0 Å². The molecule has 1 aliphatic rings. The summed E-state index contributed by atoms with van der Waals surface area (Å²) >= 11 is 0. The van der Waals surface area contributed by atoms with Crippen molar-refractivity contribution >= 4 is 0 Å². The SMILES string of the molecule is CC1CCCC(CN)(N(C)CC(O)C(C)C)C1. The van der Waals surface area contributed by atoms with Gasteiger partial charge in [-0.1, -0.05) is 33.6 Å². The third kappa shape index (κ3) is 3.67. The molecule has 1 aliphatic carbocycles. The number of aliphatic hydroxyl groups is 1. The number of nitrogens with zero attached hydrogens (tertiary/aromatic N) is 1. The van der Waals surface area contributed by atoms with Crippen LogP contribution in [0.1, 0.15) is 46.5 Å². The molecule has 102 valence electrons. The van der Waals surface area contributed by atoms with E-state index in [1.807, 2.05) is 0 Å². The topological polar surface area (TPSA) is 49.5 Å². The van der Waals surface area contributed by atoms with Gasteiger partial charge >= 0.3 is 0 Å². The lowest BCUT2D eigenvalue weighted by molar-refractivity contribution is 0.00789. The highest BCUT2D eigenvalue weighted by Crippen LogP contribution is 2.35. The Hall–Kier alpha value is -0.120. The molecule has 1 fully saturated rings. The normalized spacial score (nSPS) is 32.1. The Labute approximate surface area is 106 Å². The smallest absolute Gasteiger partial charge is 0.0690 e. The van der Waals surface area contributed by atoms with E-state index in [9.17, 15) is 5.11 Å². The number of hydrogen-bond donors (Lipinski definition) is 2. The average Bonchev–Trinajstić information content (AvgIpc) is 2.28. The standard InChI is InChI=1S/C14H30N2O/c1-11(2)13(17)9-16(4)14(10-15)7-5-6-12(3)8-14/h11-13,17H,5-10,15H2,1-4H3. The van der Waals surface area contributed by atoms with Crippen molar-refractivity contribution in [2.24, 2.45) is 17.6 Å². The molecule has 0 saturated heterocycles. The first-order valence-corrected chi connectivity index (χ1v) is 7.00. The van der Waals surface area contributed by atoms with Crippen molar-refractivity contribution in [2.75, 3.05) is 20.1 Å². The van der Waals surface area contributed by atoms with E-state index in [1.54, 1.807) is 0 Å². The van der Waals surface area contributed by atoms with Crippen LogP contribution < -0.4 is 5.73 Å². The van der Waals surface area contributed by atoms with E-state index in [1.165, 1.54) is 25.7 Å². The van der Waals surface area contributed by atoms with Gasteiger partial charge in [0.05, 0.1) is 6.10 Å². The number of aliphatic hydroxyl groups excluding tert-OH is 1. The minimum Gasteiger partial charge on any atom is -0.392 e. The van der Waals surface area contributed by atoms with Crippen LogP contribution in [0.2, 0.25) is 0 Å². The summed E-state index contributed by atoms with van der Waals surface area (Å²) in [6.45, 7) is 7.89. The average molecular weight is 242 g/mol. The van der Waals surface area contributed by atoms with Crippen LogP contribution in [0.4, 0.5) is 0 Å². The van der Waals surface area contributed by atoms with Crippen LogP contribution in [0.15, 0.2) is 0 Å². The van der Waals surface area contributed by atoms with E-state index in [-0.39, 0.29) is 11.6 Å². The van der Waals surface area contributed by atoms with Crippen molar-refractivity contribution in [3.63, 3.8) is 0 Å².